The fraction of sp³-hybridized carbons (Fsp3) is 0.375. The van der Waals surface area contributed by atoms with Crippen molar-refractivity contribution in [3.8, 4) is 0 Å². The first-order valence-electron chi connectivity index (χ1n) is 4.06. The van der Waals surface area contributed by atoms with Gasteiger partial charge in [0.2, 0.25) is 0 Å². The van der Waals surface area contributed by atoms with E-state index in [0.29, 0.717) is 0 Å². The van der Waals surface area contributed by atoms with Crippen LogP contribution in [0.1, 0.15) is 10.5 Å². The Kier molecular flexibility index (Phi) is 3.90. The van der Waals surface area contributed by atoms with Crippen LogP contribution in [0.5, 0.6) is 0 Å². The van der Waals surface area contributed by atoms with Crippen molar-refractivity contribution < 1.29 is 18.3 Å². The highest BCUT2D eigenvalue weighted by molar-refractivity contribution is 5.92. The molecule has 0 aliphatic carbocycles. The molecule has 1 heterocycles. The van der Waals surface area contributed by atoms with Gasteiger partial charge >= 0.3 is 5.97 Å². The Morgan fingerprint density at radius 2 is 2.20 bits per heavy atom. The van der Waals surface area contributed by atoms with Gasteiger partial charge < -0.3 is 10.1 Å². The number of rotatable bonds is 4. The fourth-order valence-corrected chi connectivity index (χ4v) is 0.887. The molecule has 0 radical (unpaired) electrons. The molecule has 1 aromatic rings. The first-order valence-corrected chi connectivity index (χ1v) is 4.06. The summed E-state index contributed by atoms with van der Waals surface area (Å²) in [7, 11) is 1.17. The van der Waals surface area contributed by atoms with E-state index in [1.807, 2.05) is 0 Å². The summed E-state index contributed by atoms with van der Waals surface area (Å²) in [4.78, 5) is 18.5. The molecule has 15 heavy (non-hydrogen) atoms. The quantitative estimate of drug-likeness (QED) is 0.760. The summed E-state index contributed by atoms with van der Waals surface area (Å²) in [6, 6.07) is 0. The van der Waals surface area contributed by atoms with Crippen molar-refractivity contribution >= 4 is 11.8 Å². The van der Waals surface area contributed by atoms with Gasteiger partial charge in [0.25, 0.3) is 6.43 Å². The molecule has 0 aliphatic rings. The standard InChI is InChI=1S/C8H9F2N3O2/c1-15-8(14)6-7(12-3-2-11-6)13-4-5(9)10/h2-3,5H,4H2,1H3,(H,12,13). The van der Waals surface area contributed by atoms with E-state index in [-0.39, 0.29) is 11.5 Å². The van der Waals surface area contributed by atoms with E-state index in [1.54, 1.807) is 0 Å². The Bertz CT molecular complexity index is 346. The van der Waals surface area contributed by atoms with E-state index in [9.17, 15) is 13.6 Å². The molecule has 0 saturated heterocycles. The summed E-state index contributed by atoms with van der Waals surface area (Å²) in [6.07, 6.45) is 0.0394. The van der Waals surface area contributed by atoms with Crippen LogP contribution in [0, 0.1) is 0 Å². The van der Waals surface area contributed by atoms with Crippen LogP contribution in [-0.4, -0.2) is 36.0 Å². The maximum absolute atomic E-state index is 11.9. The van der Waals surface area contributed by atoms with Crippen LogP contribution in [0.3, 0.4) is 0 Å². The number of hydrogen-bond acceptors (Lipinski definition) is 5. The van der Waals surface area contributed by atoms with Crippen LogP contribution < -0.4 is 5.32 Å². The predicted molar refractivity (Wildman–Crippen MR) is 47.9 cm³/mol. The SMILES string of the molecule is COC(=O)c1nccnc1NCC(F)F. The molecule has 1 aromatic heterocycles. The number of anilines is 1. The van der Waals surface area contributed by atoms with E-state index in [1.165, 1.54) is 19.5 Å². The average molecular weight is 217 g/mol. The molecular weight excluding hydrogens is 208 g/mol. The smallest absolute Gasteiger partial charge is 0.360 e. The zero-order chi connectivity index (χ0) is 11.3. The second-order valence-corrected chi connectivity index (χ2v) is 2.52. The van der Waals surface area contributed by atoms with Crippen molar-refractivity contribution in [2.75, 3.05) is 19.0 Å². The fourth-order valence-electron chi connectivity index (χ4n) is 0.887. The van der Waals surface area contributed by atoms with Gasteiger partial charge in [0.15, 0.2) is 11.5 Å². The van der Waals surface area contributed by atoms with E-state index in [2.05, 4.69) is 20.0 Å². The molecule has 0 unspecified atom stereocenters. The minimum Gasteiger partial charge on any atom is -0.464 e. The Morgan fingerprint density at radius 1 is 1.53 bits per heavy atom. The topological polar surface area (TPSA) is 64.1 Å². The lowest BCUT2D eigenvalue weighted by atomic mass is 10.4. The lowest BCUT2D eigenvalue weighted by Crippen LogP contribution is -2.16. The first-order chi connectivity index (χ1) is 7.15. The zero-order valence-electron chi connectivity index (χ0n) is 7.91. The van der Waals surface area contributed by atoms with E-state index < -0.39 is 18.9 Å². The van der Waals surface area contributed by atoms with Crippen LogP contribution in [0.15, 0.2) is 12.4 Å². The van der Waals surface area contributed by atoms with Crippen LogP contribution in [0.25, 0.3) is 0 Å². The van der Waals surface area contributed by atoms with Gasteiger partial charge in [0, 0.05) is 12.4 Å². The second-order valence-electron chi connectivity index (χ2n) is 2.52. The Labute approximate surface area is 84.5 Å². The van der Waals surface area contributed by atoms with Crippen LogP contribution in [-0.2, 0) is 4.74 Å². The maximum Gasteiger partial charge on any atom is 0.360 e. The number of methoxy groups -OCH3 is 1. The Morgan fingerprint density at radius 3 is 2.80 bits per heavy atom. The molecule has 0 aliphatic heterocycles. The lowest BCUT2D eigenvalue weighted by molar-refractivity contribution is 0.0594. The highest BCUT2D eigenvalue weighted by Crippen LogP contribution is 2.09. The van der Waals surface area contributed by atoms with Gasteiger partial charge in [-0.25, -0.2) is 23.5 Å². The van der Waals surface area contributed by atoms with Gasteiger partial charge in [-0.05, 0) is 0 Å². The summed E-state index contributed by atoms with van der Waals surface area (Å²) in [5, 5.41) is 2.30. The summed E-state index contributed by atoms with van der Waals surface area (Å²) in [5.41, 5.74) is -0.111. The van der Waals surface area contributed by atoms with Gasteiger partial charge in [-0.15, -0.1) is 0 Å². The third-order valence-electron chi connectivity index (χ3n) is 1.50. The number of esters is 1. The van der Waals surface area contributed by atoms with Crippen molar-refractivity contribution in [1.82, 2.24) is 9.97 Å². The minimum atomic E-state index is -2.53. The van der Waals surface area contributed by atoms with Gasteiger partial charge in [0.1, 0.15) is 0 Å². The van der Waals surface area contributed by atoms with Crippen molar-refractivity contribution in [2.24, 2.45) is 0 Å². The second kappa shape index (κ2) is 5.18. The number of alkyl halides is 2. The number of hydrogen-bond donors (Lipinski definition) is 1. The normalized spacial score (nSPS) is 10.1. The van der Waals surface area contributed by atoms with Gasteiger partial charge in [-0.1, -0.05) is 0 Å². The molecular formula is C8H9F2N3O2. The average Bonchev–Trinajstić information content (AvgIpc) is 2.25. The van der Waals surface area contributed by atoms with Crippen molar-refractivity contribution in [2.45, 2.75) is 6.43 Å². The van der Waals surface area contributed by atoms with Crippen LogP contribution in [0.2, 0.25) is 0 Å². The van der Waals surface area contributed by atoms with Crippen molar-refractivity contribution in [1.29, 1.82) is 0 Å². The minimum absolute atomic E-state index is 0.00958. The largest absolute Gasteiger partial charge is 0.464 e. The summed E-state index contributed by atoms with van der Waals surface area (Å²) >= 11 is 0. The number of carbonyl (C=O) groups excluding carboxylic acids is 1. The third-order valence-corrected chi connectivity index (χ3v) is 1.50. The molecule has 0 fully saturated rings. The molecule has 7 heteroatoms. The van der Waals surface area contributed by atoms with Crippen LogP contribution >= 0.6 is 0 Å². The first kappa shape index (κ1) is 11.3. The molecule has 82 valence electrons. The molecule has 0 atom stereocenters. The highest BCUT2D eigenvalue weighted by atomic mass is 19.3. The monoisotopic (exact) mass is 217 g/mol. The Hall–Kier alpha value is -1.79. The molecule has 0 aromatic carbocycles. The van der Waals surface area contributed by atoms with Crippen LogP contribution in [0.4, 0.5) is 14.6 Å². The molecule has 1 rings (SSSR count). The number of halogens is 2. The number of nitrogens with one attached hydrogen (secondary N) is 1. The number of carbonyl (C=O) groups is 1. The number of ether oxygens (including phenoxy) is 1. The highest BCUT2D eigenvalue weighted by Gasteiger charge is 2.15. The number of nitrogens with zero attached hydrogens (tertiary/aromatic N) is 2. The molecule has 0 spiro atoms. The van der Waals surface area contributed by atoms with E-state index in [0.717, 1.165) is 0 Å². The van der Waals surface area contributed by atoms with Crippen molar-refractivity contribution in [3.63, 3.8) is 0 Å². The van der Waals surface area contributed by atoms with Crippen molar-refractivity contribution in [3.05, 3.63) is 18.1 Å². The molecule has 0 saturated carbocycles. The van der Waals surface area contributed by atoms with E-state index >= 15 is 0 Å². The molecule has 5 nitrogen and oxygen atoms in total. The number of aromatic nitrogens is 2. The molecule has 0 bridgehead atoms. The maximum atomic E-state index is 11.9. The Balaban J connectivity index is 2.81. The summed E-state index contributed by atoms with van der Waals surface area (Å²) in [6.45, 7) is -0.595. The zero-order valence-corrected chi connectivity index (χ0v) is 7.91. The molecule has 0 amide bonds. The van der Waals surface area contributed by atoms with E-state index in [4.69, 9.17) is 0 Å². The predicted octanol–water partition coefficient (Wildman–Crippen LogP) is 0.940. The lowest BCUT2D eigenvalue weighted by Gasteiger charge is -2.07. The summed E-state index contributed by atoms with van der Waals surface area (Å²) in [5.74, 6) is -0.732. The van der Waals surface area contributed by atoms with Gasteiger partial charge in [0.05, 0.1) is 13.7 Å². The third kappa shape index (κ3) is 3.12. The van der Waals surface area contributed by atoms with Gasteiger partial charge in [-0.2, -0.15) is 0 Å². The molecule has 1 N–H and O–H groups in total. The summed E-state index contributed by atoms with van der Waals surface area (Å²) < 4.78 is 28.2. The van der Waals surface area contributed by atoms with Gasteiger partial charge in [-0.3, -0.25) is 0 Å².